The van der Waals surface area contributed by atoms with Gasteiger partial charge < -0.3 is 95.8 Å². The van der Waals surface area contributed by atoms with Gasteiger partial charge in [-0.15, -0.1) is 0 Å². The van der Waals surface area contributed by atoms with Gasteiger partial charge in [-0.1, -0.05) is 0 Å². The summed E-state index contributed by atoms with van der Waals surface area (Å²) >= 11 is 0. The number of carbonyl (C=O) groups is 2. The first-order valence-corrected chi connectivity index (χ1v) is 38.0. The van der Waals surface area contributed by atoms with E-state index in [-0.39, 0.29) is 58.1 Å². The minimum Gasteiger partial charge on any atom is -0.493 e. The Bertz CT molecular complexity index is 6490. The molecule has 2 unspecified atom stereocenters. The summed E-state index contributed by atoms with van der Waals surface area (Å²) in [6.45, 7) is 4.21. The molecule has 2 atom stereocenters. The monoisotopic (exact) mass is 1590 g/mol. The average molecular weight is 1590 g/mol. The number of carbonyl (C=O) groups excluding carboxylic acids is 2. The van der Waals surface area contributed by atoms with Gasteiger partial charge in [0.15, 0.2) is 92.0 Å². The molecule has 1 amide bonds. The molecule has 0 fully saturated rings. The standard InChI is InChI=1S/C25H25N3O5.C23H19NO6.C22H18N2O4.C21H19NO5/c1-28(2)6-5-26-25(29)18-7-14-17-10-23-24(33-13-32-23)11-20(17)27-12-19(14)16-9-22(31-4)21(30-3)8-15(16)18;1-4-28-23(25)16-5-12-15-8-21-22(30-11-29-21)9-18(15)24-10-17(12)14-7-20(27-3)19(26-2)6-13(14)16;1-25-19-6-13-12(3-4-23)5-14-16-8-21-22(28-11-27-21)9-18(16)24-10-17(14)15(13)7-20(19)26-2;1-24-18-4-12-11(9-23)3-13-15-6-20-21(27-10-26-20)7-17(15)22-8-16(13)14(12)5-19(18)25-2/h7-12H,5-6,13H2,1-4H3,(H,26,29);5-10H,4,11H2,1-3H3;6-10,12H,3,5,11H2,1-2H3;4-8,11,23H,3,9-10H2,1-2H3. The zero-order chi connectivity index (χ0) is 81.7. The number of hydrogen-bond donors (Lipinski definition) is 2. The molecule has 118 heavy (non-hydrogen) atoms. The van der Waals surface area contributed by atoms with Crippen molar-refractivity contribution >= 4 is 98.6 Å². The third-order valence-corrected chi connectivity index (χ3v) is 22.2. The van der Waals surface area contributed by atoms with Crippen LogP contribution in [0.3, 0.4) is 0 Å². The van der Waals surface area contributed by atoms with Crippen LogP contribution in [0.25, 0.3) is 109 Å². The van der Waals surface area contributed by atoms with Crippen molar-refractivity contribution in [3.05, 3.63) is 167 Å². The fourth-order valence-electron chi connectivity index (χ4n) is 16.4. The van der Waals surface area contributed by atoms with E-state index in [1.54, 1.807) is 76.1 Å². The smallest absolute Gasteiger partial charge is 0.338 e. The minimum absolute atomic E-state index is 0.0247. The topological polar surface area (TPSA) is 302 Å². The first kappa shape index (κ1) is 76.6. The van der Waals surface area contributed by atoms with E-state index in [1.165, 1.54) is 5.56 Å². The van der Waals surface area contributed by atoms with Crippen LogP contribution < -0.4 is 81.1 Å². The quantitative estimate of drug-likeness (QED) is 0.0671. The molecule has 0 spiro atoms. The molecule has 600 valence electrons. The number of esters is 1. The lowest BCUT2D eigenvalue weighted by Crippen LogP contribution is -2.31. The normalized spacial score (nSPS) is 14.4. The van der Waals surface area contributed by atoms with Gasteiger partial charge in [0, 0.05) is 135 Å². The Kier molecular flexibility index (Phi) is 20.8. The molecular weight excluding hydrogens is 1510 g/mol. The molecule has 14 aromatic rings. The Morgan fingerprint density at radius 3 is 1.15 bits per heavy atom. The first-order chi connectivity index (χ1) is 57.6. The molecule has 2 N–H and O–H groups in total. The number of pyridine rings is 4. The van der Waals surface area contributed by atoms with Gasteiger partial charge in [0.1, 0.15) is 0 Å². The van der Waals surface area contributed by atoms with Gasteiger partial charge in [0.2, 0.25) is 27.2 Å². The van der Waals surface area contributed by atoms with Crippen molar-refractivity contribution < 1.29 is 95.2 Å². The van der Waals surface area contributed by atoms with Crippen LogP contribution in [0, 0.1) is 11.3 Å². The maximum absolute atomic E-state index is 13.3. The molecule has 27 nitrogen and oxygen atoms in total. The third-order valence-electron chi connectivity index (χ3n) is 22.2. The van der Waals surface area contributed by atoms with Gasteiger partial charge in [-0.2, -0.15) is 5.26 Å². The molecule has 0 radical (unpaired) electrons. The van der Waals surface area contributed by atoms with Crippen LogP contribution in [0.5, 0.6) is 92.0 Å². The summed E-state index contributed by atoms with van der Waals surface area (Å²) in [6.07, 6.45) is 9.30. The molecule has 0 saturated heterocycles. The van der Waals surface area contributed by atoms with Gasteiger partial charge in [-0.3, -0.25) is 24.7 Å². The van der Waals surface area contributed by atoms with Gasteiger partial charge in [0.25, 0.3) is 5.91 Å². The number of aromatic nitrogens is 4. The number of aliphatic hydroxyl groups excluding tert-OH is 1. The van der Waals surface area contributed by atoms with Crippen LogP contribution in [0.15, 0.2) is 134 Å². The van der Waals surface area contributed by atoms with E-state index >= 15 is 0 Å². The predicted octanol–water partition coefficient (Wildman–Crippen LogP) is 15.5. The van der Waals surface area contributed by atoms with Crippen molar-refractivity contribution in [2.75, 3.05) is 124 Å². The molecule has 2 aliphatic carbocycles. The first-order valence-electron chi connectivity index (χ1n) is 38.0. The summed E-state index contributed by atoms with van der Waals surface area (Å²) in [6, 6.07) is 36.7. The fraction of sp³-hybridized carbons (Fsp3) is 0.264. The fourth-order valence-corrected chi connectivity index (χ4v) is 16.4. The number of fused-ring (bicyclic) bond motifs is 24. The Hall–Kier alpha value is -14.0. The maximum Gasteiger partial charge on any atom is 0.338 e. The van der Waals surface area contributed by atoms with E-state index in [0.717, 1.165) is 156 Å². The second-order valence-corrected chi connectivity index (χ2v) is 28.7. The van der Waals surface area contributed by atoms with Crippen LogP contribution in [-0.2, 0) is 17.6 Å². The zero-order valence-corrected chi connectivity index (χ0v) is 66.5. The highest BCUT2D eigenvalue weighted by atomic mass is 16.7. The highest BCUT2D eigenvalue weighted by Crippen LogP contribution is 2.52. The Labute approximate surface area is 676 Å². The summed E-state index contributed by atoms with van der Waals surface area (Å²) in [7, 11) is 16.7. The molecule has 0 saturated carbocycles. The largest absolute Gasteiger partial charge is 0.493 e. The summed E-state index contributed by atoms with van der Waals surface area (Å²) in [4.78, 5) is 46.8. The summed E-state index contributed by atoms with van der Waals surface area (Å²) < 4.78 is 93.5. The number of aliphatic hydroxyl groups is 1. The van der Waals surface area contributed by atoms with Crippen molar-refractivity contribution in [3.63, 3.8) is 0 Å². The lowest BCUT2D eigenvalue weighted by molar-refractivity contribution is 0.0528. The van der Waals surface area contributed by atoms with Crippen molar-refractivity contribution in [1.29, 1.82) is 5.26 Å². The highest BCUT2D eigenvalue weighted by Gasteiger charge is 2.33. The van der Waals surface area contributed by atoms with E-state index in [1.807, 2.05) is 141 Å². The van der Waals surface area contributed by atoms with E-state index in [9.17, 15) is 20.0 Å². The van der Waals surface area contributed by atoms with Crippen molar-refractivity contribution in [2.24, 2.45) is 0 Å². The molecule has 27 heteroatoms. The molecule has 0 bridgehead atoms. The van der Waals surface area contributed by atoms with Gasteiger partial charge >= 0.3 is 5.97 Å². The van der Waals surface area contributed by atoms with Gasteiger partial charge in [-0.25, -0.2) is 4.79 Å². The van der Waals surface area contributed by atoms with Gasteiger partial charge in [-0.05, 0) is 179 Å². The van der Waals surface area contributed by atoms with Gasteiger partial charge in [0.05, 0.1) is 104 Å². The number of ether oxygens (including phenoxy) is 17. The predicted molar refractivity (Wildman–Crippen MR) is 442 cm³/mol. The molecular formula is C91H81N7O20. The zero-order valence-electron chi connectivity index (χ0n) is 66.5. The van der Waals surface area contributed by atoms with Crippen molar-refractivity contribution in [3.8, 4) is 120 Å². The van der Waals surface area contributed by atoms with E-state index in [2.05, 4.69) is 31.3 Å². The number of hydrogen-bond acceptors (Lipinski definition) is 26. The lowest BCUT2D eigenvalue weighted by atomic mass is 9.76. The average Bonchev–Trinajstić information content (AvgIpc) is 1.01. The third kappa shape index (κ3) is 13.7. The summed E-state index contributed by atoms with van der Waals surface area (Å²) in [5.74, 6) is 9.95. The number of amides is 1. The highest BCUT2D eigenvalue weighted by molar-refractivity contribution is 6.24. The van der Waals surface area contributed by atoms with E-state index in [0.29, 0.717) is 105 Å². The van der Waals surface area contributed by atoms with E-state index in [4.69, 9.17) is 80.5 Å². The van der Waals surface area contributed by atoms with Crippen molar-refractivity contribution in [1.82, 2.24) is 30.2 Å². The van der Waals surface area contributed by atoms with Crippen LogP contribution in [0.4, 0.5) is 0 Å². The number of nitriles is 1. The van der Waals surface area contributed by atoms with Crippen LogP contribution in [0.1, 0.15) is 68.2 Å². The molecule has 10 aromatic carbocycles. The number of rotatable bonds is 16. The molecule has 20 rings (SSSR count). The summed E-state index contributed by atoms with van der Waals surface area (Å²) in [5.41, 5.74) is 12.9. The van der Waals surface area contributed by atoms with Crippen LogP contribution in [-0.4, -0.2) is 166 Å². The van der Waals surface area contributed by atoms with Crippen LogP contribution in [0.2, 0.25) is 0 Å². The van der Waals surface area contributed by atoms with Crippen LogP contribution >= 0.6 is 0 Å². The summed E-state index contributed by atoms with van der Waals surface area (Å²) in [5, 5.41) is 33.0. The lowest BCUT2D eigenvalue weighted by Gasteiger charge is -2.28. The number of benzene rings is 10. The second kappa shape index (κ2) is 32.0. The maximum atomic E-state index is 13.3. The molecule has 4 aromatic heterocycles. The Balaban J connectivity index is 0.000000113. The Morgan fingerprint density at radius 2 is 0.754 bits per heavy atom. The van der Waals surface area contributed by atoms with Crippen molar-refractivity contribution in [2.45, 2.75) is 38.0 Å². The number of methoxy groups -OCH3 is 8. The Morgan fingerprint density at radius 1 is 0.415 bits per heavy atom. The second-order valence-electron chi connectivity index (χ2n) is 28.7. The number of likely N-dealkylation sites (N-methyl/N-ethyl adjacent to an activating group) is 1. The molecule has 8 heterocycles. The molecule has 4 aliphatic heterocycles. The molecule has 6 aliphatic rings. The minimum atomic E-state index is -0.401. The van der Waals surface area contributed by atoms with E-state index < -0.39 is 5.97 Å². The number of nitrogens with zero attached hydrogens (tertiary/aromatic N) is 6. The number of nitrogens with one attached hydrogen (secondary N) is 1. The SMILES string of the molecule is CCOC(=O)c1cc2c3cc4c(cc3ncc2c2cc(OC)c(OC)cc12)OCO4.COc1cc2c(C(=O)NCCN(C)C)cc3c4cc5c(cc4ncc3c2cc1OC)OCO5.COc1cc2c(cc1OC)C(CC#N)Cc1c-2cnc2cc3c(cc12)OCO3.COc1cc2c(cc1OC)C(CO)Cc1c-2cnc2cc3c(cc12)OCO3.